The Labute approximate surface area is 156 Å². The standard InChI is InChI=1S/C17H16ClN3O4S/c1-25-16-8-7-13(18)9-15(16)21(26(2,23)24)11-17(22)20-14-6-4-3-5-12(14)10-19/h3-9H,11H2,1-2H3,(H,20,22). The minimum Gasteiger partial charge on any atom is -0.495 e. The number of methoxy groups -OCH3 is 1. The van der Waals surface area contributed by atoms with Gasteiger partial charge < -0.3 is 10.1 Å². The Kier molecular flexibility index (Phi) is 6.08. The lowest BCUT2D eigenvalue weighted by Crippen LogP contribution is -2.37. The fourth-order valence-electron chi connectivity index (χ4n) is 2.25. The number of sulfonamides is 1. The molecule has 0 spiro atoms. The molecule has 0 radical (unpaired) electrons. The highest BCUT2D eigenvalue weighted by atomic mass is 35.5. The molecule has 0 saturated carbocycles. The molecule has 2 rings (SSSR count). The number of para-hydroxylation sites is 1. The second kappa shape index (κ2) is 8.08. The summed E-state index contributed by atoms with van der Waals surface area (Å²) in [7, 11) is -2.42. The van der Waals surface area contributed by atoms with Gasteiger partial charge in [0.25, 0.3) is 0 Å². The number of hydrogen-bond donors (Lipinski definition) is 1. The molecule has 0 atom stereocenters. The lowest BCUT2D eigenvalue weighted by molar-refractivity contribution is -0.114. The molecule has 136 valence electrons. The Hall–Kier alpha value is -2.76. The van der Waals surface area contributed by atoms with Crippen LogP contribution in [0.3, 0.4) is 0 Å². The summed E-state index contributed by atoms with van der Waals surface area (Å²) < 4.78 is 30.5. The van der Waals surface area contributed by atoms with Gasteiger partial charge in [-0.05, 0) is 30.3 Å². The maximum atomic E-state index is 12.4. The smallest absolute Gasteiger partial charge is 0.245 e. The zero-order valence-electron chi connectivity index (χ0n) is 14.1. The third kappa shape index (κ3) is 4.65. The quantitative estimate of drug-likeness (QED) is 0.813. The summed E-state index contributed by atoms with van der Waals surface area (Å²) in [4.78, 5) is 12.4. The zero-order valence-corrected chi connectivity index (χ0v) is 15.6. The summed E-state index contributed by atoms with van der Waals surface area (Å²) in [5.41, 5.74) is 0.713. The molecule has 2 aromatic carbocycles. The number of ether oxygens (including phenoxy) is 1. The number of rotatable bonds is 6. The van der Waals surface area contributed by atoms with E-state index >= 15 is 0 Å². The monoisotopic (exact) mass is 393 g/mol. The predicted octanol–water partition coefficient (Wildman–Crippen LogP) is 2.62. The number of nitriles is 1. The van der Waals surface area contributed by atoms with Crippen LogP contribution in [0.15, 0.2) is 42.5 Å². The fraction of sp³-hybridized carbons (Fsp3) is 0.176. The average Bonchev–Trinajstić information content (AvgIpc) is 2.59. The third-order valence-electron chi connectivity index (χ3n) is 3.42. The number of carbonyl (C=O) groups excluding carboxylic acids is 1. The molecule has 0 bridgehead atoms. The van der Waals surface area contributed by atoms with E-state index in [9.17, 15) is 13.2 Å². The van der Waals surface area contributed by atoms with Crippen molar-refractivity contribution in [2.75, 3.05) is 29.5 Å². The molecule has 2 aromatic rings. The SMILES string of the molecule is COc1ccc(Cl)cc1N(CC(=O)Nc1ccccc1C#N)S(C)(=O)=O. The molecular weight excluding hydrogens is 378 g/mol. The summed E-state index contributed by atoms with van der Waals surface area (Å²) in [5, 5.41) is 11.9. The van der Waals surface area contributed by atoms with Gasteiger partial charge in [0.15, 0.2) is 0 Å². The van der Waals surface area contributed by atoms with E-state index in [-0.39, 0.29) is 17.0 Å². The molecule has 26 heavy (non-hydrogen) atoms. The van der Waals surface area contributed by atoms with E-state index in [0.717, 1.165) is 10.6 Å². The van der Waals surface area contributed by atoms with Gasteiger partial charge in [-0.1, -0.05) is 23.7 Å². The maximum Gasteiger partial charge on any atom is 0.245 e. The van der Waals surface area contributed by atoms with Gasteiger partial charge in [0, 0.05) is 5.02 Å². The Morgan fingerprint density at radius 1 is 1.31 bits per heavy atom. The van der Waals surface area contributed by atoms with E-state index in [4.69, 9.17) is 21.6 Å². The van der Waals surface area contributed by atoms with E-state index in [2.05, 4.69) is 5.32 Å². The molecule has 0 heterocycles. The molecule has 0 unspecified atom stereocenters. The van der Waals surface area contributed by atoms with Crippen LogP contribution >= 0.6 is 11.6 Å². The number of halogens is 1. The van der Waals surface area contributed by atoms with Crippen LogP contribution in [0.5, 0.6) is 5.75 Å². The molecule has 0 aromatic heterocycles. The molecule has 0 aliphatic heterocycles. The number of nitrogens with one attached hydrogen (secondary N) is 1. The summed E-state index contributed by atoms with van der Waals surface area (Å²) in [6, 6.07) is 12.8. The first-order valence-electron chi connectivity index (χ1n) is 7.36. The normalized spacial score (nSPS) is 10.7. The van der Waals surface area contributed by atoms with Crippen LogP contribution in [-0.2, 0) is 14.8 Å². The van der Waals surface area contributed by atoms with Gasteiger partial charge in [0.2, 0.25) is 15.9 Å². The molecular formula is C17H16ClN3O4S. The average molecular weight is 394 g/mol. The van der Waals surface area contributed by atoms with E-state index in [1.54, 1.807) is 30.3 Å². The molecule has 9 heteroatoms. The van der Waals surface area contributed by atoms with Gasteiger partial charge in [0.05, 0.1) is 30.3 Å². The van der Waals surface area contributed by atoms with E-state index < -0.39 is 22.5 Å². The van der Waals surface area contributed by atoms with Crippen molar-refractivity contribution in [3.05, 3.63) is 53.1 Å². The number of nitrogens with zero attached hydrogens (tertiary/aromatic N) is 2. The molecule has 1 N–H and O–H groups in total. The van der Waals surface area contributed by atoms with Crippen LogP contribution in [0.4, 0.5) is 11.4 Å². The summed E-state index contributed by atoms with van der Waals surface area (Å²) in [6.07, 6.45) is 0.976. The number of benzene rings is 2. The van der Waals surface area contributed by atoms with Gasteiger partial charge >= 0.3 is 0 Å². The van der Waals surface area contributed by atoms with Crippen molar-refractivity contribution in [2.24, 2.45) is 0 Å². The lowest BCUT2D eigenvalue weighted by Gasteiger charge is -2.24. The zero-order chi connectivity index (χ0) is 19.3. The van der Waals surface area contributed by atoms with Gasteiger partial charge in [-0.2, -0.15) is 5.26 Å². The topological polar surface area (TPSA) is 99.5 Å². The highest BCUT2D eigenvalue weighted by Gasteiger charge is 2.24. The first-order chi connectivity index (χ1) is 12.3. The van der Waals surface area contributed by atoms with Crippen LogP contribution < -0.4 is 14.4 Å². The van der Waals surface area contributed by atoms with E-state index in [0.29, 0.717) is 10.7 Å². The molecule has 0 aliphatic rings. The Morgan fingerprint density at radius 3 is 2.62 bits per heavy atom. The van der Waals surface area contributed by atoms with Crippen molar-refractivity contribution in [3.8, 4) is 11.8 Å². The first kappa shape index (κ1) is 19.6. The first-order valence-corrected chi connectivity index (χ1v) is 9.59. The van der Waals surface area contributed by atoms with Gasteiger partial charge in [-0.25, -0.2) is 8.42 Å². The number of anilines is 2. The van der Waals surface area contributed by atoms with Crippen LogP contribution in [0, 0.1) is 11.3 Å². The van der Waals surface area contributed by atoms with Crippen molar-refractivity contribution < 1.29 is 17.9 Å². The number of carbonyl (C=O) groups is 1. The van der Waals surface area contributed by atoms with Crippen molar-refractivity contribution in [1.29, 1.82) is 5.26 Å². The largest absolute Gasteiger partial charge is 0.495 e. The van der Waals surface area contributed by atoms with Gasteiger partial charge in [0.1, 0.15) is 18.4 Å². The number of amides is 1. The van der Waals surface area contributed by atoms with Crippen LogP contribution in [-0.4, -0.2) is 34.2 Å². The number of hydrogen-bond acceptors (Lipinski definition) is 5. The van der Waals surface area contributed by atoms with E-state index in [1.165, 1.54) is 19.2 Å². The maximum absolute atomic E-state index is 12.4. The van der Waals surface area contributed by atoms with Gasteiger partial charge in [-0.3, -0.25) is 9.10 Å². The summed E-state index contributed by atoms with van der Waals surface area (Å²) in [5.74, 6) is -0.356. The van der Waals surface area contributed by atoms with Crippen LogP contribution in [0.2, 0.25) is 5.02 Å². The third-order valence-corrected chi connectivity index (χ3v) is 4.78. The Balaban J connectivity index is 2.34. The van der Waals surface area contributed by atoms with Crippen molar-refractivity contribution >= 4 is 38.9 Å². The highest BCUT2D eigenvalue weighted by Crippen LogP contribution is 2.32. The Morgan fingerprint density at radius 2 is 2.00 bits per heavy atom. The molecule has 1 amide bonds. The second-order valence-corrected chi connectivity index (χ2v) is 7.63. The summed E-state index contributed by atoms with van der Waals surface area (Å²) in [6.45, 7) is -0.505. The van der Waals surface area contributed by atoms with E-state index in [1.807, 2.05) is 6.07 Å². The minimum atomic E-state index is -3.80. The highest BCUT2D eigenvalue weighted by molar-refractivity contribution is 7.92. The summed E-state index contributed by atoms with van der Waals surface area (Å²) >= 11 is 5.96. The van der Waals surface area contributed by atoms with Crippen molar-refractivity contribution in [2.45, 2.75) is 0 Å². The Bertz CT molecular complexity index is 970. The second-order valence-electron chi connectivity index (χ2n) is 5.29. The van der Waals surface area contributed by atoms with Crippen molar-refractivity contribution in [1.82, 2.24) is 0 Å². The van der Waals surface area contributed by atoms with Gasteiger partial charge in [-0.15, -0.1) is 0 Å². The van der Waals surface area contributed by atoms with Crippen LogP contribution in [0.1, 0.15) is 5.56 Å². The lowest BCUT2D eigenvalue weighted by atomic mass is 10.2. The molecule has 0 fully saturated rings. The molecule has 0 saturated heterocycles. The van der Waals surface area contributed by atoms with Crippen LogP contribution in [0.25, 0.3) is 0 Å². The van der Waals surface area contributed by atoms with Crippen molar-refractivity contribution in [3.63, 3.8) is 0 Å². The molecule has 7 nitrogen and oxygen atoms in total. The fourth-order valence-corrected chi connectivity index (χ4v) is 3.27. The molecule has 0 aliphatic carbocycles. The predicted molar refractivity (Wildman–Crippen MR) is 100.0 cm³/mol. The minimum absolute atomic E-state index is 0.145.